The highest BCUT2D eigenvalue weighted by Crippen LogP contribution is 2.01. The molecule has 0 amide bonds. The summed E-state index contributed by atoms with van der Waals surface area (Å²) in [6.07, 6.45) is 0. The van der Waals surface area contributed by atoms with E-state index in [0.717, 1.165) is 0 Å². The number of hydrogen-bond donors (Lipinski definition) is 1. The molecule has 0 rings (SSSR count). The Morgan fingerprint density at radius 3 is 0.173 bits per heavy atom. The molecule has 0 aromatic rings. The third-order valence-corrected chi connectivity index (χ3v) is 5.23. The SMILES string of the molecule is N=NN=NN=NN=NN=NN=NN=NN=NN=NN=NN=NN=NN=NN=NN=NN=NN=NN=NN=NN=NN=NN=NN=NN=NN=NN=NN=NN=NN=NN=NN=NN=NN=NN=NN=NN=NN=NN=NN=NN=NN=NN=NN=NN=NN=NN=NN=NN=NN=NN=NN=NN=NN=NN=NN=NN=NN=NN=NN=NN=NN=NN=NN=CI. The monoisotopic (exact) mass is 1890 g/mol. The lowest BCUT2D eigenvalue weighted by molar-refractivity contribution is 0.722. The minimum atomic E-state index is 1.33. The zero-order chi connectivity index (χ0) is 90.4. The molecular weight excluding hydrogens is 1890 g/mol. The van der Waals surface area contributed by atoms with Crippen LogP contribution in [0.25, 0.3) is 0 Å². The van der Waals surface area contributed by atoms with Gasteiger partial charge in [-0.05, 0) is 106 Å². The van der Waals surface area contributed by atoms with Crippen LogP contribution in [0.15, 0.2) is 648 Å². The minimum Gasteiger partial charge on any atom is -0.183 e. The van der Waals surface area contributed by atoms with Crippen molar-refractivity contribution in [3.8, 4) is 0 Å². The zero-order valence-corrected chi connectivity index (χ0v) is 59.1. The van der Waals surface area contributed by atoms with Gasteiger partial charge in [0, 0.05) is 559 Å². The highest BCUT2D eigenvalue weighted by atomic mass is 127. The number of nitrogens with one attached hydrogen (secondary N) is 1. The van der Waals surface area contributed by atoms with Crippen LogP contribution in [-0.2, 0) is 0 Å². The van der Waals surface area contributed by atoms with Gasteiger partial charge in [-0.3, -0.25) is 0 Å². The van der Waals surface area contributed by atoms with Gasteiger partial charge in [0.05, 0.1) is 4.22 Å². The van der Waals surface area contributed by atoms with Crippen LogP contribution >= 0.6 is 22.6 Å². The second-order valence-corrected chi connectivity index (χ2v) is 11.8. The molecule has 0 saturated heterocycles. The predicted molar refractivity (Wildman–Crippen MR) is 324 cm³/mol. The number of hydrogen-bond acceptors (Lipinski definition) is 2. The van der Waals surface area contributed by atoms with E-state index in [4.69, 9.17) is 5.53 Å². The maximum Gasteiger partial charge on any atom is 0.0897 e. The maximum absolute atomic E-state index is 6.27. The van der Waals surface area contributed by atoms with E-state index in [1.54, 1.807) is 0 Å². The lowest BCUT2D eigenvalue weighted by atomic mass is 11.7. The first-order valence-corrected chi connectivity index (χ1v) is 26.5. The molecule has 0 fully saturated rings. The molecule has 125 nitrogen and oxygen atoms in total. The summed E-state index contributed by atoms with van der Waals surface area (Å²) in [5, 5.41) is 372. The Bertz CT molecular complexity index is 4650. The molecule has 0 aliphatic rings. The normalized spacial score (nSPS) is 15.7. The van der Waals surface area contributed by atoms with Gasteiger partial charge >= 0.3 is 0 Å². The molecule has 0 radical (unpaired) electrons. The molecule has 0 unspecified atom stereocenters. The molecule has 638 valence electrons. The molecule has 126 heteroatoms. The third kappa shape index (κ3) is 102. The molecule has 0 aliphatic heterocycles. The summed E-state index contributed by atoms with van der Waals surface area (Å²) in [6.45, 7) is 0. The van der Waals surface area contributed by atoms with Gasteiger partial charge in [-0.2, -0.15) is 5.53 Å². The minimum absolute atomic E-state index is 1.33. The van der Waals surface area contributed by atoms with E-state index < -0.39 is 0 Å². The summed E-state index contributed by atoms with van der Waals surface area (Å²) in [5.74, 6) is 0. The largest absolute Gasteiger partial charge is 0.183 e. The van der Waals surface area contributed by atoms with E-state index in [1.165, 1.54) is 4.22 Å². The van der Waals surface area contributed by atoms with Crippen molar-refractivity contribution in [1.82, 2.24) is 0 Å². The van der Waals surface area contributed by atoms with Crippen LogP contribution in [-0.4, -0.2) is 4.22 Å². The molecule has 0 aromatic heterocycles. The van der Waals surface area contributed by atoms with Crippen LogP contribution in [0.3, 0.4) is 0 Å². The average molecular weight is 1890 g/mol. The van der Waals surface area contributed by atoms with Crippen LogP contribution in [0.1, 0.15) is 0 Å². The second-order valence-electron chi connectivity index (χ2n) is 11.2. The van der Waals surface area contributed by atoms with Crippen molar-refractivity contribution in [2.24, 2.45) is 648 Å². The lowest BCUT2D eigenvalue weighted by Crippen LogP contribution is -1.52. The Labute approximate surface area is 679 Å². The fraction of sp³-hybridized carbons (Fsp3) is 0. The molecule has 0 heterocycles. The van der Waals surface area contributed by atoms with Crippen molar-refractivity contribution in [3.05, 3.63) is 0 Å². The van der Waals surface area contributed by atoms with Crippen molar-refractivity contribution in [1.29, 1.82) is 5.53 Å². The Kier molecular flexibility index (Phi) is 82.1. The van der Waals surface area contributed by atoms with Gasteiger partial charge in [-0.15, -0.1) is 5.10 Å². The molecule has 0 aromatic carbocycles. The average Bonchev–Trinajstić information content (AvgIpc) is 1.16. The predicted octanol–water partition coefficient (Wildman–Crippen LogP) is 23.8. The van der Waals surface area contributed by atoms with E-state index in [9.17, 15) is 0 Å². The Balaban J connectivity index is 4.13. The maximum atomic E-state index is 6.27. The highest BCUT2D eigenvalue weighted by molar-refractivity contribution is 14.1. The number of rotatable bonds is 62. The van der Waals surface area contributed by atoms with Gasteiger partial charge < -0.3 is 0 Å². The molecule has 0 bridgehead atoms. The molecule has 1 N–H and O–H groups in total. The van der Waals surface area contributed by atoms with Gasteiger partial charge in [0.15, 0.2) is 0 Å². The van der Waals surface area contributed by atoms with E-state index in [2.05, 4.69) is 648 Å². The van der Waals surface area contributed by atoms with Gasteiger partial charge in [0.25, 0.3) is 0 Å². The molecule has 0 aliphatic carbocycles. The van der Waals surface area contributed by atoms with Crippen molar-refractivity contribution in [2.75, 3.05) is 0 Å². The zero-order valence-electron chi connectivity index (χ0n) is 56.9. The standard InChI is InChI=1S/CH2IN125/c2-1-4-6-8-10-12-14-16-18-20-22-24-26-28-30-32-34-36-38-40-42-44-46-48-50-52-54-56-58-60-62-64-66-68-70-72-74-76-78-80-82-84-86-88-90-92-94-96-98-100-102-104-106-108-110-112-114-116-118-120-122-124-126-127-125-123-121-119-117-115-113-111-109-107-105-103-101-99-97-95-93-91-89-87-85-83-81-79-77-75-73-71-69-67-65-63-61-59-57-55-53-51-49-47-45-43-41-39-37-35-33-31-29-27-25-23-21-19-17-15-13-11-9-7-5-3/h1,3H. The fourth-order valence-corrected chi connectivity index (χ4v) is 2.32. The highest BCUT2D eigenvalue weighted by Gasteiger charge is 1.83. The smallest absolute Gasteiger partial charge is 0.0897 e. The Morgan fingerprint density at radius 2 is 0.126 bits per heavy atom. The van der Waals surface area contributed by atoms with Crippen molar-refractivity contribution < 1.29 is 0 Å². The van der Waals surface area contributed by atoms with Gasteiger partial charge in [-0.25, -0.2) is 0 Å². The van der Waals surface area contributed by atoms with Gasteiger partial charge in [0.1, 0.15) is 0 Å². The van der Waals surface area contributed by atoms with Crippen molar-refractivity contribution in [2.45, 2.75) is 0 Å². The number of halogens is 1. The first-order valence-electron chi connectivity index (χ1n) is 25.3. The summed E-state index contributed by atoms with van der Waals surface area (Å²) in [6, 6.07) is 0. The van der Waals surface area contributed by atoms with Crippen molar-refractivity contribution in [3.63, 3.8) is 0 Å². The Hall–Kier alpha value is -24.4. The molecule has 0 spiro atoms. The number of nitrogens with zero attached hydrogens (tertiary/aromatic N) is 124. The quantitative estimate of drug-likeness (QED) is 0.0257. The first kappa shape index (κ1) is 103. The van der Waals surface area contributed by atoms with Crippen molar-refractivity contribution >= 4 is 26.8 Å². The van der Waals surface area contributed by atoms with Gasteiger partial charge in [0.2, 0.25) is 0 Å². The van der Waals surface area contributed by atoms with Gasteiger partial charge in [-0.1, -0.05) is 0 Å². The van der Waals surface area contributed by atoms with Crippen LogP contribution in [0.5, 0.6) is 0 Å². The van der Waals surface area contributed by atoms with Crippen LogP contribution < -0.4 is 0 Å². The molecule has 0 atom stereocenters. The summed E-state index contributed by atoms with van der Waals surface area (Å²) in [4.78, 5) is 0. The molecule has 0 saturated carbocycles. The summed E-state index contributed by atoms with van der Waals surface area (Å²) < 4.78 is 1.33. The van der Waals surface area contributed by atoms with Crippen LogP contribution in [0.2, 0.25) is 0 Å². The summed E-state index contributed by atoms with van der Waals surface area (Å²) in [5.41, 5.74) is 6.27. The Morgan fingerprint density at radius 1 is 0.0787 bits per heavy atom. The summed E-state index contributed by atoms with van der Waals surface area (Å²) in [7, 11) is 0. The van der Waals surface area contributed by atoms with E-state index in [-0.39, 0.29) is 0 Å². The summed E-state index contributed by atoms with van der Waals surface area (Å²) >= 11 is 1.81. The second kappa shape index (κ2) is 102. The fourth-order valence-electron chi connectivity index (χ4n) is 2.21. The van der Waals surface area contributed by atoms with Crippen LogP contribution in [0.4, 0.5) is 0 Å². The lowest BCUT2D eigenvalue weighted by Gasteiger charge is -1.71. The molecule has 127 heavy (non-hydrogen) atoms. The molecular formula is CH2IN125. The first-order chi connectivity index (χ1) is 63.4. The van der Waals surface area contributed by atoms with Crippen LogP contribution in [0, 0.1) is 5.53 Å². The van der Waals surface area contributed by atoms with E-state index >= 15 is 0 Å². The van der Waals surface area contributed by atoms with E-state index in [1.807, 2.05) is 22.6 Å². The topological polar surface area (TPSA) is 1560 Å². The third-order valence-electron chi connectivity index (χ3n) is 4.98. The van der Waals surface area contributed by atoms with E-state index in [0.29, 0.717) is 0 Å².